The highest BCUT2D eigenvalue weighted by atomic mass is 32.1. The van der Waals surface area contributed by atoms with Gasteiger partial charge in [0.1, 0.15) is 0 Å². The van der Waals surface area contributed by atoms with Gasteiger partial charge in [0.25, 0.3) is 0 Å². The predicted molar refractivity (Wildman–Crippen MR) is 259 cm³/mol. The first-order valence-electron chi connectivity index (χ1n) is 23.1. The Bertz CT molecular complexity index is 2710. The molecule has 0 spiro atoms. The summed E-state index contributed by atoms with van der Waals surface area (Å²) in [5.74, 6) is 3.79. The van der Waals surface area contributed by atoms with E-state index in [1.165, 1.54) is 135 Å². The topological polar surface area (TPSA) is 6.48 Å². The molecule has 61 heavy (non-hydrogen) atoms. The minimum absolute atomic E-state index is 0.00970. The number of hydrogen-bond donors (Lipinski definition) is 0. The average Bonchev–Trinajstić information content (AvgIpc) is 3.69. The maximum Gasteiger partial charge on any atom is 0.0468 e. The predicted octanol–water partition coefficient (Wildman–Crippen LogP) is 16.8. The van der Waals surface area contributed by atoms with Gasteiger partial charge in [0, 0.05) is 59.7 Å². The molecular formula is C58H54N2S. The van der Waals surface area contributed by atoms with Crippen LogP contribution in [0.4, 0.5) is 34.1 Å². The molecule has 4 bridgehead atoms. The van der Waals surface area contributed by atoms with Gasteiger partial charge >= 0.3 is 0 Å². The fourth-order valence-electron chi connectivity index (χ4n) is 13.0. The Labute approximate surface area is 365 Å². The van der Waals surface area contributed by atoms with Crippen LogP contribution in [0, 0.1) is 23.7 Å². The quantitative estimate of drug-likeness (QED) is 0.143. The first-order chi connectivity index (χ1) is 30.2. The van der Waals surface area contributed by atoms with Crippen LogP contribution < -0.4 is 9.80 Å². The van der Waals surface area contributed by atoms with Gasteiger partial charge < -0.3 is 9.80 Å². The zero-order chi connectivity index (χ0) is 40.3. The lowest BCUT2D eigenvalue weighted by Gasteiger charge is -2.62. The van der Waals surface area contributed by atoms with Crippen LogP contribution in [0.5, 0.6) is 0 Å². The van der Waals surface area contributed by atoms with Crippen molar-refractivity contribution < 1.29 is 0 Å². The summed E-state index contributed by atoms with van der Waals surface area (Å²) >= 11 is 1.90. The summed E-state index contributed by atoms with van der Waals surface area (Å²) in [4.78, 5) is 4.91. The summed E-state index contributed by atoms with van der Waals surface area (Å²) in [6, 6.07) is 67.1. The van der Waals surface area contributed by atoms with Gasteiger partial charge in [-0.15, -0.1) is 11.3 Å². The van der Waals surface area contributed by atoms with Crippen molar-refractivity contribution in [2.75, 3.05) is 9.80 Å². The summed E-state index contributed by atoms with van der Waals surface area (Å²) in [5.41, 5.74) is 11.8. The largest absolute Gasteiger partial charge is 0.311 e. The van der Waals surface area contributed by atoms with E-state index in [-0.39, 0.29) is 5.41 Å². The second kappa shape index (κ2) is 15.4. The highest BCUT2D eigenvalue weighted by Crippen LogP contribution is 2.65. The molecule has 5 aliphatic carbocycles. The molecule has 302 valence electrons. The van der Waals surface area contributed by atoms with Crippen molar-refractivity contribution in [1.82, 2.24) is 0 Å². The number of hydrogen-bond acceptors (Lipinski definition) is 3. The van der Waals surface area contributed by atoms with Gasteiger partial charge in [-0.05, 0) is 176 Å². The number of anilines is 6. The third-order valence-electron chi connectivity index (χ3n) is 15.5. The van der Waals surface area contributed by atoms with Crippen LogP contribution in [0.2, 0.25) is 0 Å². The molecule has 1 aromatic heterocycles. The van der Waals surface area contributed by atoms with Gasteiger partial charge in [0.15, 0.2) is 0 Å². The third kappa shape index (κ3) is 6.42. The van der Waals surface area contributed by atoms with E-state index in [9.17, 15) is 0 Å². The molecule has 0 N–H and O–H groups in total. The summed E-state index contributed by atoms with van der Waals surface area (Å²) in [7, 11) is 0. The lowest BCUT2D eigenvalue weighted by molar-refractivity contribution is -0.0418. The molecule has 3 heteroatoms. The SMILES string of the molecule is c1ccc(N(c2ccccc2)c2ccc(C3(c4ccc(N(c5ccc(C6CCCCC6)cc5)c5ccc6sc7ccccc7c6c5)cc4)C4CC5CC(C4)CC3C5)cc2)cc1. The van der Waals surface area contributed by atoms with Crippen LogP contribution in [-0.2, 0) is 5.41 Å². The molecule has 0 aliphatic heterocycles. The van der Waals surface area contributed by atoms with Gasteiger partial charge in [0.05, 0.1) is 0 Å². The van der Waals surface area contributed by atoms with Gasteiger partial charge in [-0.25, -0.2) is 0 Å². The lowest BCUT2D eigenvalue weighted by Crippen LogP contribution is -2.56. The maximum atomic E-state index is 2.54. The fraction of sp³-hybridized carbons (Fsp3) is 0.276. The third-order valence-corrected chi connectivity index (χ3v) is 16.7. The Morgan fingerprint density at radius 2 is 0.852 bits per heavy atom. The molecule has 5 aliphatic rings. The van der Waals surface area contributed by atoms with E-state index >= 15 is 0 Å². The van der Waals surface area contributed by atoms with Gasteiger partial charge in [-0.2, -0.15) is 0 Å². The zero-order valence-electron chi connectivity index (χ0n) is 35.0. The molecule has 0 amide bonds. The molecule has 0 saturated heterocycles. The molecule has 2 nitrogen and oxygen atoms in total. The molecule has 7 aromatic carbocycles. The molecule has 5 saturated carbocycles. The van der Waals surface area contributed by atoms with Crippen LogP contribution in [0.3, 0.4) is 0 Å². The van der Waals surface area contributed by atoms with Crippen molar-refractivity contribution >= 4 is 65.6 Å². The molecule has 0 unspecified atom stereocenters. The number of para-hydroxylation sites is 2. The van der Waals surface area contributed by atoms with Crippen LogP contribution >= 0.6 is 11.3 Å². The number of nitrogens with zero attached hydrogens (tertiary/aromatic N) is 2. The van der Waals surface area contributed by atoms with Crippen molar-refractivity contribution in [3.05, 3.63) is 193 Å². The number of fused-ring (bicyclic) bond motifs is 3. The molecule has 1 heterocycles. The Morgan fingerprint density at radius 3 is 1.43 bits per heavy atom. The van der Waals surface area contributed by atoms with Crippen molar-refractivity contribution in [1.29, 1.82) is 0 Å². The van der Waals surface area contributed by atoms with Crippen LogP contribution in [0.1, 0.15) is 86.8 Å². The standard InChI is InChI=1S/C58H54N2S/c1-4-12-42(13-5-1)43-20-26-50(27-21-43)60(53-32-33-57-55(39-53)54-18-10-11-19-56(54)61-57)52-30-24-45(25-31-52)58(46-35-40-34-41(37-46)38-47(58)36-40)44-22-28-51(29-23-44)59(48-14-6-2-7-15-48)49-16-8-3-9-17-49/h2-3,6-11,14-33,39-42,46-47H,1,4-5,12-13,34-38H2. The molecule has 5 fully saturated rings. The van der Waals surface area contributed by atoms with Crippen molar-refractivity contribution in [2.45, 2.75) is 75.5 Å². The fourth-order valence-corrected chi connectivity index (χ4v) is 14.1. The zero-order valence-corrected chi connectivity index (χ0v) is 35.8. The monoisotopic (exact) mass is 810 g/mol. The molecular weight excluding hydrogens is 757 g/mol. The number of thiophene rings is 1. The minimum Gasteiger partial charge on any atom is -0.311 e. The minimum atomic E-state index is 0.00970. The van der Waals surface area contributed by atoms with Crippen molar-refractivity contribution in [3.63, 3.8) is 0 Å². The molecule has 0 atom stereocenters. The highest BCUT2D eigenvalue weighted by molar-refractivity contribution is 7.25. The highest BCUT2D eigenvalue weighted by Gasteiger charge is 2.58. The first kappa shape index (κ1) is 37.1. The second-order valence-electron chi connectivity index (χ2n) is 18.8. The van der Waals surface area contributed by atoms with E-state index in [0.717, 1.165) is 11.8 Å². The molecule has 13 rings (SSSR count). The van der Waals surface area contributed by atoms with E-state index in [1.807, 2.05) is 11.3 Å². The van der Waals surface area contributed by atoms with E-state index in [0.29, 0.717) is 17.8 Å². The molecule has 8 aromatic rings. The van der Waals surface area contributed by atoms with Gasteiger partial charge in [-0.3, -0.25) is 0 Å². The van der Waals surface area contributed by atoms with Crippen molar-refractivity contribution in [2.24, 2.45) is 23.7 Å². The summed E-state index contributed by atoms with van der Waals surface area (Å²) < 4.78 is 2.70. The van der Waals surface area contributed by atoms with E-state index in [4.69, 9.17) is 0 Å². The first-order valence-corrected chi connectivity index (χ1v) is 23.9. The van der Waals surface area contributed by atoms with Crippen molar-refractivity contribution in [3.8, 4) is 0 Å². The summed E-state index contributed by atoms with van der Waals surface area (Å²) in [6.45, 7) is 0. The lowest BCUT2D eigenvalue weighted by atomic mass is 9.42. The smallest absolute Gasteiger partial charge is 0.0468 e. The van der Waals surface area contributed by atoms with Crippen LogP contribution in [-0.4, -0.2) is 0 Å². The van der Waals surface area contributed by atoms with Gasteiger partial charge in [0.2, 0.25) is 0 Å². The van der Waals surface area contributed by atoms with Crippen LogP contribution in [0.15, 0.2) is 176 Å². The van der Waals surface area contributed by atoms with E-state index in [2.05, 4.69) is 186 Å². The Balaban J connectivity index is 0.956. The average molecular weight is 811 g/mol. The Kier molecular flexibility index (Phi) is 9.36. The molecule has 0 radical (unpaired) electrons. The Hall–Kier alpha value is -5.64. The second-order valence-corrected chi connectivity index (χ2v) is 19.9. The van der Waals surface area contributed by atoms with E-state index in [1.54, 1.807) is 0 Å². The van der Waals surface area contributed by atoms with E-state index < -0.39 is 0 Å². The maximum absolute atomic E-state index is 2.54. The van der Waals surface area contributed by atoms with Gasteiger partial charge in [-0.1, -0.05) is 110 Å². The Morgan fingerprint density at radius 1 is 0.393 bits per heavy atom. The van der Waals surface area contributed by atoms with Crippen LogP contribution in [0.25, 0.3) is 20.2 Å². The summed E-state index contributed by atoms with van der Waals surface area (Å²) in [6.07, 6.45) is 13.6. The number of rotatable bonds is 9. The summed E-state index contributed by atoms with van der Waals surface area (Å²) in [5, 5.41) is 2.69. The normalized spacial score (nSPS) is 23.4. The number of benzene rings is 7.